The number of hydrogen-bond donors (Lipinski definition) is 0. The molecule has 0 fully saturated rings. The maximum atomic E-state index is 8.25. The van der Waals surface area contributed by atoms with Gasteiger partial charge in [0.15, 0.2) is 0 Å². The van der Waals surface area contributed by atoms with E-state index < -0.39 is 20.3 Å². The molecule has 20 heteroatoms. The molecule has 0 amide bonds. The molecule has 0 saturated heterocycles. The Bertz CT molecular complexity index is 160. The maximum Gasteiger partial charge on any atom is 4.00 e. The van der Waals surface area contributed by atoms with Crippen LogP contribution in [0.4, 0.5) is 0 Å². The van der Waals surface area contributed by atoms with Crippen molar-refractivity contribution in [2.75, 3.05) is 0 Å². The molecule has 0 unspecified atom stereocenters. The van der Waals surface area contributed by atoms with Gasteiger partial charge in [-0.3, -0.25) is 0 Å². The topological polar surface area (TPSA) is 359 Å². The molecule has 0 saturated carbocycles. The van der Waals surface area contributed by atoms with E-state index in [2.05, 4.69) is 0 Å². The molecule has 0 atom stereocenters. The van der Waals surface area contributed by atoms with Gasteiger partial charge in [0.05, 0.1) is 20.3 Å². The molecule has 0 aliphatic rings. The number of nitrogens with zero attached hydrogens (tertiary/aromatic N) is 4. The molecule has 0 aromatic rings. The van der Waals surface area contributed by atoms with Gasteiger partial charge in [-0.25, -0.2) is 0 Å². The predicted molar refractivity (Wildman–Crippen MR) is 52.3 cm³/mol. The third-order valence-electron chi connectivity index (χ3n) is 0. The number of hydrogen-bond acceptors (Lipinski definition) is 12. The van der Waals surface area contributed by atoms with Crippen LogP contribution in [0.2, 0.25) is 0 Å². The fourth-order valence-electron chi connectivity index (χ4n) is 0. The monoisotopic (exact) mass is 392 g/mol. The van der Waals surface area contributed by atoms with E-state index in [1.165, 1.54) is 0 Å². The van der Waals surface area contributed by atoms with Gasteiger partial charge < -0.3 is 77.7 Å². The van der Waals surface area contributed by atoms with Crippen molar-refractivity contribution in [3.05, 3.63) is 61.3 Å². The molecule has 0 aromatic heterocycles. The van der Waals surface area contributed by atoms with Gasteiger partial charge in [0, 0.05) is 0 Å². The second-order valence-electron chi connectivity index (χ2n) is 0.894. The zero-order chi connectivity index (χ0) is 14.3. The third kappa shape index (κ3) is 556. The summed E-state index contributed by atoms with van der Waals surface area (Å²) in [5.41, 5.74) is 0. The van der Waals surface area contributed by atoms with Crippen LogP contribution in [0.1, 0.15) is 0 Å². The smallest absolute Gasteiger partial charge is 0.412 e. The van der Waals surface area contributed by atoms with Crippen molar-refractivity contribution in [2.45, 2.75) is 0 Å². The number of rotatable bonds is 0. The predicted octanol–water partition coefficient (Wildman–Crippen LogP) is -3.43. The normalized spacial score (nSPS) is 4.80. The Morgan fingerprint density at radius 3 is 0.400 bits per heavy atom. The molecular weight excluding hydrogens is 387 g/mol. The SMILES string of the molecule is O.O.O.O=[N+]([O-])[O-].O=[N+]([O-])[O-].O=[N+]([O-])[O-].O=[N+]([O-])[O-].[Zr+4]. The summed E-state index contributed by atoms with van der Waals surface area (Å²) >= 11 is 0. The Labute approximate surface area is 125 Å². The van der Waals surface area contributed by atoms with Crippen LogP contribution in [0.25, 0.3) is 0 Å². The van der Waals surface area contributed by atoms with Crippen molar-refractivity contribution >= 4 is 0 Å². The van der Waals surface area contributed by atoms with E-state index in [4.69, 9.17) is 61.3 Å². The summed E-state index contributed by atoms with van der Waals surface area (Å²) in [5.74, 6) is 0. The van der Waals surface area contributed by atoms with Crippen LogP contribution in [0.15, 0.2) is 0 Å². The van der Waals surface area contributed by atoms with E-state index in [1.54, 1.807) is 0 Å². The van der Waals surface area contributed by atoms with E-state index in [0.29, 0.717) is 0 Å². The summed E-state index contributed by atoms with van der Waals surface area (Å²) in [4.78, 5) is 33.0. The Hall–Kier alpha value is -2.44. The van der Waals surface area contributed by atoms with Gasteiger partial charge in [-0.05, 0) is 0 Å². The Balaban J connectivity index is -0.0000000150. The van der Waals surface area contributed by atoms with Crippen LogP contribution in [0.3, 0.4) is 0 Å². The zero-order valence-corrected chi connectivity index (χ0v) is 11.1. The van der Waals surface area contributed by atoms with Crippen LogP contribution in [-0.2, 0) is 26.2 Å². The van der Waals surface area contributed by atoms with Crippen molar-refractivity contribution in [1.82, 2.24) is 0 Å². The van der Waals surface area contributed by atoms with E-state index in [0.717, 1.165) is 0 Å². The van der Waals surface area contributed by atoms with Crippen LogP contribution in [0, 0.1) is 61.3 Å². The van der Waals surface area contributed by atoms with Crippen molar-refractivity contribution in [1.29, 1.82) is 0 Å². The van der Waals surface area contributed by atoms with Crippen LogP contribution < -0.4 is 0 Å². The Morgan fingerprint density at radius 1 is 0.400 bits per heavy atom. The van der Waals surface area contributed by atoms with Crippen LogP contribution >= 0.6 is 0 Å². The fourth-order valence-corrected chi connectivity index (χ4v) is 0. The molecule has 0 aliphatic carbocycles. The molecule has 6 N–H and O–H groups in total. The van der Waals surface area contributed by atoms with Gasteiger partial charge in [0.1, 0.15) is 0 Å². The van der Waals surface area contributed by atoms with E-state index in [9.17, 15) is 0 Å². The molecule has 120 valence electrons. The van der Waals surface area contributed by atoms with Gasteiger partial charge >= 0.3 is 26.2 Å². The molecule has 20 heavy (non-hydrogen) atoms. The molecule has 0 aliphatic heterocycles. The van der Waals surface area contributed by atoms with Crippen molar-refractivity contribution in [2.24, 2.45) is 0 Å². The zero-order valence-electron chi connectivity index (χ0n) is 8.69. The first-order valence-corrected chi connectivity index (χ1v) is 2.19. The molecule has 0 heterocycles. The Kier molecular flexibility index (Phi) is 116. The van der Waals surface area contributed by atoms with Crippen molar-refractivity contribution in [3.63, 3.8) is 0 Å². The average Bonchev–Trinajstić information content (AvgIpc) is 1.76. The van der Waals surface area contributed by atoms with Crippen LogP contribution in [0.5, 0.6) is 0 Å². The van der Waals surface area contributed by atoms with Crippen molar-refractivity contribution < 1.29 is 63.0 Å². The minimum Gasteiger partial charge on any atom is -0.412 e. The summed E-state index contributed by atoms with van der Waals surface area (Å²) in [6, 6.07) is 0. The van der Waals surface area contributed by atoms with Crippen LogP contribution in [-0.4, -0.2) is 36.8 Å². The quantitative estimate of drug-likeness (QED) is 0.286. The first-order chi connectivity index (χ1) is 6.93. The second kappa shape index (κ2) is 43.9. The molecule has 0 rings (SSSR count). The Morgan fingerprint density at radius 2 is 0.400 bits per heavy atom. The maximum absolute atomic E-state index is 8.25. The van der Waals surface area contributed by atoms with E-state index >= 15 is 0 Å². The van der Waals surface area contributed by atoms with Gasteiger partial charge in [-0.1, -0.05) is 0 Å². The molecule has 19 nitrogen and oxygen atoms in total. The van der Waals surface area contributed by atoms with Gasteiger partial charge in [0.25, 0.3) is 0 Å². The summed E-state index contributed by atoms with van der Waals surface area (Å²) in [7, 11) is 0. The second-order valence-corrected chi connectivity index (χ2v) is 0.894. The summed E-state index contributed by atoms with van der Waals surface area (Å²) in [6.07, 6.45) is 0. The molecule has 0 radical (unpaired) electrons. The first kappa shape index (κ1) is 52.7. The molecular formula is H6N4O15Zr. The summed E-state index contributed by atoms with van der Waals surface area (Å²) in [5, 5.41) is 59.0. The van der Waals surface area contributed by atoms with E-state index in [1.807, 2.05) is 0 Å². The summed E-state index contributed by atoms with van der Waals surface area (Å²) < 4.78 is 0. The van der Waals surface area contributed by atoms with E-state index in [-0.39, 0.29) is 42.6 Å². The third-order valence-corrected chi connectivity index (χ3v) is 0. The van der Waals surface area contributed by atoms with Gasteiger partial charge in [0.2, 0.25) is 0 Å². The standard InChI is InChI=1S/4NO3.3H2O.Zr/c4*2-1(3)4;;;;/h;;;;3*1H2;/q4*-1;;;;+4. The van der Waals surface area contributed by atoms with Crippen molar-refractivity contribution in [3.8, 4) is 0 Å². The largest absolute Gasteiger partial charge is 4.00 e. The minimum atomic E-state index is -1.75. The fraction of sp³-hybridized carbons (Fsp3) is 0. The summed E-state index contributed by atoms with van der Waals surface area (Å²) in [6.45, 7) is 0. The van der Waals surface area contributed by atoms with Gasteiger partial charge in [-0.15, -0.1) is 0 Å². The average molecular weight is 393 g/mol. The molecule has 0 aromatic carbocycles. The molecule has 0 bridgehead atoms. The van der Waals surface area contributed by atoms with Gasteiger partial charge in [-0.2, -0.15) is 0 Å². The molecule has 0 spiro atoms. The minimum absolute atomic E-state index is 0. The first-order valence-electron chi connectivity index (χ1n) is 2.19.